The van der Waals surface area contributed by atoms with Gasteiger partial charge in [-0.15, -0.1) is 10.2 Å². The number of hydrogen-bond acceptors (Lipinski definition) is 4. The quantitative estimate of drug-likeness (QED) is 0.707. The van der Waals surface area contributed by atoms with Gasteiger partial charge in [-0.2, -0.15) is 10.1 Å². The zero-order valence-corrected chi connectivity index (χ0v) is 6.75. The SMILES string of the molecule is c1ccc(N=Nc2ncn[nH]2)cc1. The van der Waals surface area contributed by atoms with Crippen molar-refractivity contribution in [3.8, 4) is 0 Å². The van der Waals surface area contributed by atoms with Crippen LogP contribution < -0.4 is 0 Å². The molecule has 0 amide bonds. The van der Waals surface area contributed by atoms with Crippen LogP contribution in [0, 0.1) is 0 Å². The lowest BCUT2D eigenvalue weighted by Crippen LogP contribution is -1.65. The maximum Gasteiger partial charge on any atom is 0.264 e. The second kappa shape index (κ2) is 3.57. The van der Waals surface area contributed by atoms with Crippen LogP contribution in [0.25, 0.3) is 0 Å². The maximum absolute atomic E-state index is 3.94. The zero-order valence-electron chi connectivity index (χ0n) is 6.75. The molecule has 5 heteroatoms. The molecule has 1 N–H and O–H groups in total. The molecule has 0 aliphatic rings. The molecular formula is C8H7N5. The average Bonchev–Trinajstić information content (AvgIpc) is 2.69. The van der Waals surface area contributed by atoms with Crippen molar-refractivity contribution >= 4 is 11.6 Å². The van der Waals surface area contributed by atoms with Gasteiger partial charge >= 0.3 is 0 Å². The first-order chi connectivity index (χ1) is 6.45. The van der Waals surface area contributed by atoms with Crippen molar-refractivity contribution in [2.45, 2.75) is 0 Å². The van der Waals surface area contributed by atoms with Gasteiger partial charge in [-0.05, 0) is 12.1 Å². The van der Waals surface area contributed by atoms with Gasteiger partial charge < -0.3 is 0 Å². The van der Waals surface area contributed by atoms with Gasteiger partial charge in [0.25, 0.3) is 5.95 Å². The Morgan fingerprint density at radius 1 is 1.08 bits per heavy atom. The molecule has 0 atom stereocenters. The van der Waals surface area contributed by atoms with Gasteiger partial charge in [0, 0.05) is 0 Å². The standard InChI is InChI=1S/C8H7N5/c1-2-4-7(5-3-1)11-13-8-9-6-10-12-8/h1-6H,(H,9,10,12). The summed E-state index contributed by atoms with van der Waals surface area (Å²) in [6, 6.07) is 9.44. The minimum absolute atomic E-state index is 0.406. The van der Waals surface area contributed by atoms with Crippen LogP contribution in [0.5, 0.6) is 0 Å². The molecule has 0 aliphatic carbocycles. The number of aromatic nitrogens is 3. The number of azo groups is 1. The first kappa shape index (κ1) is 7.60. The topological polar surface area (TPSA) is 66.3 Å². The van der Waals surface area contributed by atoms with Crippen molar-refractivity contribution in [3.05, 3.63) is 36.7 Å². The summed E-state index contributed by atoms with van der Waals surface area (Å²) in [5.41, 5.74) is 0.791. The molecule has 1 aromatic heterocycles. The van der Waals surface area contributed by atoms with Gasteiger partial charge in [0.05, 0.1) is 5.69 Å². The third-order valence-corrected chi connectivity index (χ3v) is 1.42. The highest BCUT2D eigenvalue weighted by molar-refractivity contribution is 5.35. The summed E-state index contributed by atoms with van der Waals surface area (Å²) < 4.78 is 0. The van der Waals surface area contributed by atoms with Crippen LogP contribution in [-0.2, 0) is 0 Å². The van der Waals surface area contributed by atoms with Gasteiger partial charge in [-0.1, -0.05) is 18.2 Å². The first-order valence-electron chi connectivity index (χ1n) is 3.77. The van der Waals surface area contributed by atoms with Crippen molar-refractivity contribution in [2.24, 2.45) is 10.2 Å². The minimum atomic E-state index is 0.406. The fraction of sp³-hybridized carbons (Fsp3) is 0. The third kappa shape index (κ3) is 1.96. The maximum atomic E-state index is 3.94. The molecular weight excluding hydrogens is 166 g/mol. The Balaban J connectivity index is 2.15. The first-order valence-corrected chi connectivity index (χ1v) is 3.77. The molecule has 13 heavy (non-hydrogen) atoms. The zero-order chi connectivity index (χ0) is 8.93. The van der Waals surface area contributed by atoms with Crippen molar-refractivity contribution < 1.29 is 0 Å². The average molecular weight is 173 g/mol. The third-order valence-electron chi connectivity index (χ3n) is 1.42. The van der Waals surface area contributed by atoms with Gasteiger partial charge in [-0.25, -0.2) is 5.10 Å². The second-order valence-electron chi connectivity index (χ2n) is 2.34. The Bertz CT molecular complexity index is 378. The van der Waals surface area contributed by atoms with E-state index in [-0.39, 0.29) is 0 Å². The Morgan fingerprint density at radius 3 is 2.62 bits per heavy atom. The number of rotatable bonds is 2. The largest absolute Gasteiger partial charge is 0.264 e. The van der Waals surface area contributed by atoms with Crippen molar-refractivity contribution in [1.29, 1.82) is 0 Å². The van der Waals surface area contributed by atoms with Gasteiger partial charge in [-0.3, -0.25) is 0 Å². The molecule has 2 aromatic rings. The van der Waals surface area contributed by atoms with Crippen molar-refractivity contribution in [1.82, 2.24) is 15.2 Å². The van der Waals surface area contributed by atoms with Gasteiger partial charge in [0.15, 0.2) is 0 Å². The van der Waals surface area contributed by atoms with Gasteiger partial charge in [0.2, 0.25) is 0 Å². The Kier molecular flexibility index (Phi) is 2.09. The normalized spacial score (nSPS) is 10.8. The van der Waals surface area contributed by atoms with Crippen LogP contribution in [0.15, 0.2) is 46.9 Å². The van der Waals surface area contributed by atoms with Crippen LogP contribution in [-0.4, -0.2) is 15.2 Å². The molecule has 0 saturated carbocycles. The highest BCUT2D eigenvalue weighted by Crippen LogP contribution is 2.12. The Labute approximate surface area is 74.6 Å². The van der Waals surface area contributed by atoms with Crippen LogP contribution in [0.4, 0.5) is 11.6 Å². The summed E-state index contributed by atoms with van der Waals surface area (Å²) in [7, 11) is 0. The minimum Gasteiger partial charge on any atom is -0.242 e. The fourth-order valence-electron chi connectivity index (χ4n) is 0.847. The smallest absolute Gasteiger partial charge is 0.242 e. The molecule has 0 unspecified atom stereocenters. The van der Waals surface area contributed by atoms with E-state index < -0.39 is 0 Å². The molecule has 5 nitrogen and oxygen atoms in total. The number of aromatic amines is 1. The lowest BCUT2D eigenvalue weighted by atomic mass is 10.3. The molecule has 1 aromatic carbocycles. The number of nitrogens with one attached hydrogen (secondary N) is 1. The Morgan fingerprint density at radius 2 is 1.92 bits per heavy atom. The molecule has 0 bridgehead atoms. The predicted octanol–water partition coefficient (Wildman–Crippen LogP) is 2.22. The highest BCUT2D eigenvalue weighted by atomic mass is 15.3. The van der Waals surface area contributed by atoms with E-state index in [1.54, 1.807) is 0 Å². The van der Waals surface area contributed by atoms with E-state index in [4.69, 9.17) is 0 Å². The van der Waals surface area contributed by atoms with Crippen LogP contribution in [0.3, 0.4) is 0 Å². The Hall–Kier alpha value is -2.04. The lowest BCUT2D eigenvalue weighted by Gasteiger charge is -1.87. The monoisotopic (exact) mass is 173 g/mol. The summed E-state index contributed by atoms with van der Waals surface area (Å²) in [6.07, 6.45) is 1.39. The predicted molar refractivity (Wildman–Crippen MR) is 47.0 cm³/mol. The van der Waals surface area contributed by atoms with E-state index in [1.807, 2.05) is 30.3 Å². The lowest BCUT2D eigenvalue weighted by molar-refractivity contribution is 1.05. The molecule has 0 radical (unpaired) electrons. The molecule has 2 rings (SSSR count). The van der Waals surface area contributed by atoms with E-state index in [9.17, 15) is 0 Å². The molecule has 1 heterocycles. The van der Waals surface area contributed by atoms with Crippen molar-refractivity contribution in [3.63, 3.8) is 0 Å². The van der Waals surface area contributed by atoms with E-state index in [0.717, 1.165) is 5.69 Å². The molecule has 64 valence electrons. The summed E-state index contributed by atoms with van der Waals surface area (Å²) in [6.45, 7) is 0. The molecule has 0 aliphatic heterocycles. The molecule has 0 fully saturated rings. The summed E-state index contributed by atoms with van der Waals surface area (Å²) >= 11 is 0. The van der Waals surface area contributed by atoms with E-state index in [1.165, 1.54) is 6.33 Å². The van der Waals surface area contributed by atoms with E-state index >= 15 is 0 Å². The van der Waals surface area contributed by atoms with Crippen molar-refractivity contribution in [2.75, 3.05) is 0 Å². The summed E-state index contributed by atoms with van der Waals surface area (Å²) in [5.74, 6) is 0.406. The molecule has 0 saturated heterocycles. The van der Waals surface area contributed by atoms with E-state index in [0.29, 0.717) is 5.95 Å². The van der Waals surface area contributed by atoms with Crippen LogP contribution >= 0.6 is 0 Å². The summed E-state index contributed by atoms with van der Waals surface area (Å²) in [5, 5.41) is 14.0. The van der Waals surface area contributed by atoms with E-state index in [2.05, 4.69) is 25.4 Å². The second-order valence-corrected chi connectivity index (χ2v) is 2.34. The fourth-order valence-corrected chi connectivity index (χ4v) is 0.847. The summed E-state index contributed by atoms with van der Waals surface area (Å²) in [4.78, 5) is 3.80. The number of nitrogens with zero attached hydrogens (tertiary/aromatic N) is 4. The molecule has 0 spiro atoms. The van der Waals surface area contributed by atoms with Crippen LogP contribution in [0.1, 0.15) is 0 Å². The number of benzene rings is 1. The number of hydrogen-bond donors (Lipinski definition) is 1. The van der Waals surface area contributed by atoms with Gasteiger partial charge in [0.1, 0.15) is 6.33 Å². The van der Waals surface area contributed by atoms with Crippen LogP contribution in [0.2, 0.25) is 0 Å². The number of H-pyrrole nitrogens is 1. The highest BCUT2D eigenvalue weighted by Gasteiger charge is 1.89.